The molecule has 2 rings (SSSR count). The normalized spacial score (nSPS) is 16.3. The molecule has 2 amide bonds. The summed E-state index contributed by atoms with van der Waals surface area (Å²) < 4.78 is 37.5. The van der Waals surface area contributed by atoms with Crippen molar-refractivity contribution in [2.75, 3.05) is 13.1 Å². The van der Waals surface area contributed by atoms with Crippen LogP contribution in [-0.4, -0.2) is 40.7 Å². The van der Waals surface area contributed by atoms with Gasteiger partial charge in [0.25, 0.3) is 11.8 Å². The highest BCUT2D eigenvalue weighted by molar-refractivity contribution is 6.53. The van der Waals surface area contributed by atoms with Crippen LogP contribution in [-0.2, 0) is 11.0 Å². The monoisotopic (exact) mass is 382 g/mol. The molecule has 1 aliphatic heterocycles. The predicted octanol–water partition coefficient (Wildman–Crippen LogP) is 3.23. The summed E-state index contributed by atoms with van der Waals surface area (Å²) in [7, 11) is 0. The van der Waals surface area contributed by atoms with Crippen LogP contribution >= 0.6 is 23.2 Å². The number of rotatable bonds is 3. The Morgan fingerprint density at radius 3 is 2.12 bits per heavy atom. The third-order valence-electron chi connectivity index (χ3n) is 3.80. The second kappa shape index (κ2) is 7.61. The number of nitrogens with one attached hydrogen (secondary N) is 1. The molecule has 1 aliphatic rings. The van der Waals surface area contributed by atoms with E-state index in [-0.39, 0.29) is 17.5 Å². The zero-order chi connectivity index (χ0) is 17.9. The third-order valence-corrected chi connectivity index (χ3v) is 4.18. The number of hydrogen-bond acceptors (Lipinski definition) is 2. The Labute approximate surface area is 146 Å². The number of carbonyl (C=O) groups is 2. The lowest BCUT2D eigenvalue weighted by molar-refractivity contribution is -0.137. The van der Waals surface area contributed by atoms with Crippen LogP contribution in [0.15, 0.2) is 24.3 Å². The van der Waals surface area contributed by atoms with E-state index >= 15 is 0 Å². The van der Waals surface area contributed by atoms with Gasteiger partial charge in [-0.25, -0.2) is 0 Å². The van der Waals surface area contributed by atoms with Crippen molar-refractivity contribution in [3.8, 4) is 0 Å². The van der Waals surface area contributed by atoms with E-state index in [1.165, 1.54) is 4.90 Å². The summed E-state index contributed by atoms with van der Waals surface area (Å²) in [5.41, 5.74) is -0.648. The maximum absolute atomic E-state index is 12.5. The molecule has 0 saturated carbocycles. The van der Waals surface area contributed by atoms with Crippen LogP contribution in [0.3, 0.4) is 0 Å². The number of amides is 2. The van der Waals surface area contributed by atoms with Gasteiger partial charge in [-0.1, -0.05) is 23.2 Å². The van der Waals surface area contributed by atoms with Crippen LogP contribution in [0, 0.1) is 0 Å². The van der Waals surface area contributed by atoms with Crippen molar-refractivity contribution < 1.29 is 22.8 Å². The zero-order valence-corrected chi connectivity index (χ0v) is 14.0. The van der Waals surface area contributed by atoms with E-state index < -0.39 is 22.5 Å². The van der Waals surface area contributed by atoms with E-state index in [0.29, 0.717) is 25.9 Å². The Bertz CT molecular complexity index is 598. The molecule has 4 nitrogen and oxygen atoms in total. The highest BCUT2D eigenvalue weighted by Gasteiger charge is 2.30. The SMILES string of the molecule is O=C(NC1CCN(C(=O)C(Cl)Cl)CC1)c1ccc(C(F)(F)F)cc1. The van der Waals surface area contributed by atoms with Gasteiger partial charge in [-0.05, 0) is 37.1 Å². The lowest BCUT2D eigenvalue weighted by Gasteiger charge is -2.32. The summed E-state index contributed by atoms with van der Waals surface area (Å²) >= 11 is 11.1. The van der Waals surface area contributed by atoms with Gasteiger partial charge < -0.3 is 10.2 Å². The molecule has 1 fully saturated rings. The number of halogens is 5. The molecule has 0 atom stereocenters. The number of benzene rings is 1. The zero-order valence-electron chi connectivity index (χ0n) is 12.4. The minimum atomic E-state index is -4.43. The maximum Gasteiger partial charge on any atom is 0.416 e. The fourth-order valence-electron chi connectivity index (χ4n) is 2.46. The minimum Gasteiger partial charge on any atom is -0.349 e. The van der Waals surface area contributed by atoms with Crippen molar-refractivity contribution in [2.45, 2.75) is 29.9 Å². The van der Waals surface area contributed by atoms with Crippen molar-refractivity contribution in [2.24, 2.45) is 0 Å². The lowest BCUT2D eigenvalue weighted by Crippen LogP contribution is -2.47. The molecule has 132 valence electrons. The fourth-order valence-corrected chi connectivity index (χ4v) is 2.74. The molecule has 0 radical (unpaired) electrons. The van der Waals surface area contributed by atoms with E-state index in [1.807, 2.05) is 0 Å². The number of alkyl halides is 5. The Balaban J connectivity index is 1.89. The van der Waals surface area contributed by atoms with Gasteiger partial charge >= 0.3 is 6.18 Å². The summed E-state index contributed by atoms with van der Waals surface area (Å²) in [4.78, 5) is 24.1. The largest absolute Gasteiger partial charge is 0.416 e. The maximum atomic E-state index is 12.5. The van der Waals surface area contributed by atoms with Gasteiger partial charge in [0.15, 0.2) is 4.84 Å². The van der Waals surface area contributed by atoms with Crippen LogP contribution < -0.4 is 5.32 Å². The number of nitrogens with zero attached hydrogens (tertiary/aromatic N) is 1. The second-order valence-electron chi connectivity index (χ2n) is 5.45. The summed E-state index contributed by atoms with van der Waals surface area (Å²) in [6, 6.07) is 3.87. The van der Waals surface area contributed by atoms with Gasteiger partial charge in [0.1, 0.15) is 0 Å². The summed E-state index contributed by atoms with van der Waals surface area (Å²) in [6.45, 7) is 0.819. The molecule has 0 aromatic heterocycles. The van der Waals surface area contributed by atoms with Crippen molar-refractivity contribution in [1.29, 1.82) is 0 Å². The van der Waals surface area contributed by atoms with Crippen molar-refractivity contribution in [3.05, 3.63) is 35.4 Å². The van der Waals surface area contributed by atoms with Crippen molar-refractivity contribution in [3.63, 3.8) is 0 Å². The second-order valence-corrected chi connectivity index (χ2v) is 6.55. The van der Waals surface area contributed by atoms with E-state index in [0.717, 1.165) is 24.3 Å². The quantitative estimate of drug-likeness (QED) is 0.815. The minimum absolute atomic E-state index is 0.156. The van der Waals surface area contributed by atoms with Crippen molar-refractivity contribution in [1.82, 2.24) is 10.2 Å². The highest BCUT2D eigenvalue weighted by Crippen LogP contribution is 2.29. The number of likely N-dealkylation sites (tertiary alicyclic amines) is 1. The van der Waals surface area contributed by atoms with Gasteiger partial charge in [-0.3, -0.25) is 9.59 Å². The summed E-state index contributed by atoms with van der Waals surface area (Å²) in [5.74, 6) is -0.813. The first-order valence-corrected chi connectivity index (χ1v) is 8.11. The molecule has 0 spiro atoms. The Morgan fingerprint density at radius 1 is 1.12 bits per heavy atom. The molecule has 1 aromatic rings. The predicted molar refractivity (Wildman–Crippen MR) is 84.0 cm³/mol. The smallest absolute Gasteiger partial charge is 0.349 e. The number of piperidine rings is 1. The molecule has 1 heterocycles. The Hall–Kier alpha value is -1.47. The molecule has 9 heteroatoms. The molecule has 1 aromatic carbocycles. The van der Waals surface area contributed by atoms with Crippen LogP contribution in [0.5, 0.6) is 0 Å². The Morgan fingerprint density at radius 2 is 1.67 bits per heavy atom. The van der Waals surface area contributed by atoms with Crippen LogP contribution in [0.25, 0.3) is 0 Å². The third kappa shape index (κ3) is 4.77. The van der Waals surface area contributed by atoms with Gasteiger partial charge in [0.2, 0.25) is 0 Å². The molecule has 1 saturated heterocycles. The average Bonchev–Trinajstić information content (AvgIpc) is 2.54. The van der Waals surface area contributed by atoms with Crippen molar-refractivity contribution >= 4 is 35.0 Å². The standard InChI is InChI=1S/C15H15Cl2F3N2O2/c16-12(17)14(24)22-7-5-11(6-8-22)21-13(23)9-1-3-10(4-2-9)15(18,19)20/h1-4,11-12H,5-8H2,(H,21,23). The Kier molecular flexibility index (Phi) is 5.98. The van der Waals surface area contributed by atoms with Gasteiger partial charge in [-0.15, -0.1) is 0 Å². The molecule has 0 bridgehead atoms. The first kappa shape index (κ1) is 18.9. The van der Waals surface area contributed by atoms with Crippen LogP contribution in [0.4, 0.5) is 13.2 Å². The summed E-state index contributed by atoms with van der Waals surface area (Å²) in [5, 5.41) is 2.76. The average molecular weight is 383 g/mol. The van der Waals surface area contributed by atoms with E-state index in [9.17, 15) is 22.8 Å². The fraction of sp³-hybridized carbons (Fsp3) is 0.467. The molecular weight excluding hydrogens is 368 g/mol. The molecule has 0 aliphatic carbocycles. The summed E-state index contributed by atoms with van der Waals surface area (Å²) in [6.07, 6.45) is -3.38. The van der Waals surface area contributed by atoms with E-state index in [1.54, 1.807) is 0 Å². The van der Waals surface area contributed by atoms with Gasteiger partial charge in [0, 0.05) is 24.7 Å². The first-order valence-electron chi connectivity index (χ1n) is 7.23. The van der Waals surface area contributed by atoms with Gasteiger partial charge in [0.05, 0.1) is 5.56 Å². The lowest BCUT2D eigenvalue weighted by atomic mass is 10.0. The van der Waals surface area contributed by atoms with Crippen LogP contribution in [0.1, 0.15) is 28.8 Å². The molecule has 24 heavy (non-hydrogen) atoms. The molecule has 1 N–H and O–H groups in total. The van der Waals surface area contributed by atoms with E-state index in [2.05, 4.69) is 5.32 Å². The topological polar surface area (TPSA) is 49.4 Å². The highest BCUT2D eigenvalue weighted by atomic mass is 35.5. The molecular formula is C15H15Cl2F3N2O2. The number of hydrogen-bond donors (Lipinski definition) is 1. The van der Waals surface area contributed by atoms with Gasteiger partial charge in [-0.2, -0.15) is 13.2 Å². The number of carbonyl (C=O) groups excluding carboxylic acids is 2. The molecule has 0 unspecified atom stereocenters. The first-order chi connectivity index (χ1) is 11.2. The van der Waals surface area contributed by atoms with E-state index in [4.69, 9.17) is 23.2 Å². The van der Waals surface area contributed by atoms with Crippen LogP contribution in [0.2, 0.25) is 0 Å².